The molecule has 0 bridgehead atoms. The van der Waals surface area contributed by atoms with Crippen LogP contribution in [0.5, 0.6) is 0 Å². The molecule has 2 aromatic carbocycles. The molecule has 0 aliphatic carbocycles. The van der Waals surface area contributed by atoms with Crippen LogP contribution in [0.4, 0.5) is 8.78 Å². The second kappa shape index (κ2) is 8.45. The van der Waals surface area contributed by atoms with Gasteiger partial charge in [-0.3, -0.25) is 9.59 Å². The Morgan fingerprint density at radius 3 is 2.55 bits per heavy atom. The molecule has 2 heterocycles. The molecule has 0 saturated carbocycles. The molecule has 170 valence electrons. The van der Waals surface area contributed by atoms with Crippen molar-refractivity contribution in [3.05, 3.63) is 93.0 Å². The van der Waals surface area contributed by atoms with Crippen molar-refractivity contribution in [3.8, 4) is 11.1 Å². The largest absolute Gasteiger partial charge is 0.331 e. The van der Waals surface area contributed by atoms with E-state index in [0.29, 0.717) is 21.5 Å². The van der Waals surface area contributed by atoms with Crippen LogP contribution in [0.2, 0.25) is 5.02 Å². The van der Waals surface area contributed by atoms with Crippen LogP contribution in [-0.2, 0) is 16.6 Å². The predicted molar refractivity (Wildman–Crippen MR) is 121 cm³/mol. The van der Waals surface area contributed by atoms with Crippen LogP contribution in [0.3, 0.4) is 0 Å². The number of carbonyl (C=O) groups excluding carboxylic acids is 1. The summed E-state index contributed by atoms with van der Waals surface area (Å²) in [6.45, 7) is -0.118. The summed E-state index contributed by atoms with van der Waals surface area (Å²) in [4.78, 5) is 28.3. The molecule has 4 rings (SSSR count). The standard InChI is InChI=1S/C22H16ClF2N3O4S/c1-33(31,32)27-22(30)20-19(14-3-2-8-26-21(14)29)15-10-13(23)5-7-18(15)28(20)11-12-4-6-16(24)17(25)9-12/h2-10H,11H2,1H3,(H,26,29)(H,27,30). The highest BCUT2D eigenvalue weighted by Crippen LogP contribution is 2.36. The number of hydrogen-bond acceptors (Lipinski definition) is 4. The van der Waals surface area contributed by atoms with Gasteiger partial charge in [-0.2, -0.15) is 0 Å². The average Bonchev–Trinajstić information content (AvgIpc) is 3.03. The van der Waals surface area contributed by atoms with Crippen molar-refractivity contribution in [1.29, 1.82) is 0 Å². The monoisotopic (exact) mass is 491 g/mol. The normalized spacial score (nSPS) is 11.6. The van der Waals surface area contributed by atoms with Crippen LogP contribution < -0.4 is 10.3 Å². The molecule has 33 heavy (non-hydrogen) atoms. The molecule has 0 fully saturated rings. The van der Waals surface area contributed by atoms with E-state index in [4.69, 9.17) is 11.6 Å². The van der Waals surface area contributed by atoms with Crippen molar-refractivity contribution in [1.82, 2.24) is 14.3 Å². The maximum Gasteiger partial charge on any atom is 0.282 e. The first kappa shape index (κ1) is 22.7. The smallest absolute Gasteiger partial charge is 0.282 e. The van der Waals surface area contributed by atoms with Crippen molar-refractivity contribution >= 4 is 38.4 Å². The van der Waals surface area contributed by atoms with E-state index in [1.807, 2.05) is 4.72 Å². The fraction of sp³-hybridized carbons (Fsp3) is 0.0909. The van der Waals surface area contributed by atoms with Gasteiger partial charge in [-0.15, -0.1) is 0 Å². The van der Waals surface area contributed by atoms with Crippen LogP contribution in [0.25, 0.3) is 22.0 Å². The molecule has 0 saturated heterocycles. The Labute approximate surface area is 191 Å². The molecule has 11 heteroatoms. The number of fused-ring (bicyclic) bond motifs is 1. The molecule has 0 unspecified atom stereocenters. The third-order valence-electron chi connectivity index (χ3n) is 4.93. The summed E-state index contributed by atoms with van der Waals surface area (Å²) in [5, 5.41) is 0.719. The van der Waals surface area contributed by atoms with Crippen LogP contribution in [0.15, 0.2) is 59.5 Å². The van der Waals surface area contributed by atoms with Crippen LogP contribution >= 0.6 is 11.6 Å². The molecule has 2 N–H and O–H groups in total. The zero-order chi connectivity index (χ0) is 23.9. The number of pyridine rings is 1. The summed E-state index contributed by atoms with van der Waals surface area (Å²) >= 11 is 6.18. The quantitative estimate of drug-likeness (QED) is 0.445. The lowest BCUT2D eigenvalue weighted by Gasteiger charge is -2.12. The van der Waals surface area contributed by atoms with Crippen molar-refractivity contribution in [2.24, 2.45) is 0 Å². The molecule has 0 radical (unpaired) electrons. The minimum atomic E-state index is -3.96. The summed E-state index contributed by atoms with van der Waals surface area (Å²) in [5.41, 5.74) is 0.325. The first-order valence-corrected chi connectivity index (χ1v) is 11.8. The van der Waals surface area contributed by atoms with Gasteiger partial charge in [0, 0.05) is 39.8 Å². The van der Waals surface area contributed by atoms with Gasteiger partial charge in [0.15, 0.2) is 11.6 Å². The minimum absolute atomic E-state index is 0.104. The van der Waals surface area contributed by atoms with E-state index in [1.165, 1.54) is 29.0 Å². The van der Waals surface area contributed by atoms with Gasteiger partial charge in [0.1, 0.15) is 5.69 Å². The highest BCUT2D eigenvalue weighted by Gasteiger charge is 2.27. The van der Waals surface area contributed by atoms with E-state index in [-0.39, 0.29) is 23.4 Å². The Balaban J connectivity index is 2.08. The average molecular weight is 492 g/mol. The zero-order valence-electron chi connectivity index (χ0n) is 17.0. The van der Waals surface area contributed by atoms with E-state index in [2.05, 4.69) is 4.98 Å². The van der Waals surface area contributed by atoms with Crippen molar-refractivity contribution in [2.75, 3.05) is 6.26 Å². The number of nitrogens with zero attached hydrogens (tertiary/aromatic N) is 1. The lowest BCUT2D eigenvalue weighted by Crippen LogP contribution is -2.31. The Bertz CT molecular complexity index is 1580. The maximum atomic E-state index is 13.8. The summed E-state index contributed by atoms with van der Waals surface area (Å²) < 4.78 is 54.3. The summed E-state index contributed by atoms with van der Waals surface area (Å²) in [7, 11) is -3.96. The molecule has 2 aromatic heterocycles. The Morgan fingerprint density at radius 1 is 1.12 bits per heavy atom. The van der Waals surface area contributed by atoms with Crippen molar-refractivity contribution in [3.63, 3.8) is 0 Å². The zero-order valence-corrected chi connectivity index (χ0v) is 18.6. The van der Waals surface area contributed by atoms with Gasteiger partial charge in [0.05, 0.1) is 6.26 Å². The lowest BCUT2D eigenvalue weighted by atomic mass is 10.0. The van der Waals surface area contributed by atoms with Gasteiger partial charge in [-0.1, -0.05) is 17.7 Å². The topological polar surface area (TPSA) is 101 Å². The Morgan fingerprint density at radius 2 is 1.88 bits per heavy atom. The van der Waals surface area contributed by atoms with Gasteiger partial charge in [-0.25, -0.2) is 21.9 Å². The maximum absolute atomic E-state index is 13.8. The molecule has 0 spiro atoms. The third-order valence-corrected chi connectivity index (χ3v) is 5.72. The number of benzene rings is 2. The third kappa shape index (κ3) is 4.53. The number of carbonyl (C=O) groups is 1. The Hall–Kier alpha value is -3.50. The van der Waals surface area contributed by atoms with Gasteiger partial charge in [0.2, 0.25) is 10.0 Å². The van der Waals surface area contributed by atoms with Crippen LogP contribution in [0.1, 0.15) is 16.1 Å². The number of amides is 1. The molecule has 0 aliphatic heterocycles. The number of hydrogen-bond donors (Lipinski definition) is 2. The molecule has 0 atom stereocenters. The number of rotatable bonds is 5. The summed E-state index contributed by atoms with van der Waals surface area (Å²) in [6.07, 6.45) is 2.23. The number of aromatic nitrogens is 2. The molecule has 7 nitrogen and oxygen atoms in total. The molecular weight excluding hydrogens is 476 g/mol. The number of aromatic amines is 1. The number of halogens is 3. The fourth-order valence-corrected chi connectivity index (χ4v) is 4.26. The Kier molecular flexibility index (Phi) is 5.81. The van der Waals surface area contributed by atoms with E-state index < -0.39 is 33.1 Å². The molecule has 0 aliphatic rings. The molecule has 4 aromatic rings. The van der Waals surface area contributed by atoms with Gasteiger partial charge < -0.3 is 9.55 Å². The van der Waals surface area contributed by atoms with Crippen LogP contribution in [-0.4, -0.2) is 30.1 Å². The van der Waals surface area contributed by atoms with E-state index in [0.717, 1.165) is 18.4 Å². The lowest BCUT2D eigenvalue weighted by molar-refractivity contribution is 0.0974. The number of nitrogens with one attached hydrogen (secondary N) is 2. The number of sulfonamides is 1. The number of H-pyrrole nitrogens is 1. The first-order chi connectivity index (χ1) is 15.5. The summed E-state index contributed by atoms with van der Waals surface area (Å²) in [5.74, 6) is -3.10. The summed E-state index contributed by atoms with van der Waals surface area (Å²) in [6, 6.07) is 11.0. The van der Waals surface area contributed by atoms with E-state index in [1.54, 1.807) is 18.2 Å². The second-order valence-electron chi connectivity index (χ2n) is 7.34. The van der Waals surface area contributed by atoms with E-state index >= 15 is 0 Å². The molecule has 1 amide bonds. The predicted octanol–water partition coefficient (Wildman–Crippen LogP) is 3.67. The highest BCUT2D eigenvalue weighted by atomic mass is 35.5. The van der Waals surface area contributed by atoms with Gasteiger partial charge >= 0.3 is 0 Å². The van der Waals surface area contributed by atoms with Gasteiger partial charge in [0.25, 0.3) is 11.5 Å². The van der Waals surface area contributed by atoms with Gasteiger partial charge in [-0.05, 0) is 48.0 Å². The van der Waals surface area contributed by atoms with Crippen LogP contribution in [0, 0.1) is 11.6 Å². The fourth-order valence-electron chi connectivity index (χ4n) is 3.66. The highest BCUT2D eigenvalue weighted by molar-refractivity contribution is 7.89. The van der Waals surface area contributed by atoms with Crippen molar-refractivity contribution < 1.29 is 22.0 Å². The SMILES string of the molecule is CS(=O)(=O)NC(=O)c1c(-c2ccc[nH]c2=O)c2cc(Cl)ccc2n1Cc1ccc(F)c(F)c1. The van der Waals surface area contributed by atoms with Crippen molar-refractivity contribution in [2.45, 2.75) is 6.54 Å². The van der Waals surface area contributed by atoms with E-state index in [9.17, 15) is 26.8 Å². The first-order valence-electron chi connectivity index (χ1n) is 9.51. The second-order valence-corrected chi connectivity index (χ2v) is 9.52. The minimum Gasteiger partial charge on any atom is -0.331 e. The molecular formula is C22H16ClF2N3O4S.